The summed E-state index contributed by atoms with van der Waals surface area (Å²) in [6.07, 6.45) is 1.25. The van der Waals surface area contributed by atoms with E-state index in [4.69, 9.17) is 4.74 Å². The molecule has 0 fully saturated rings. The lowest BCUT2D eigenvalue weighted by Crippen LogP contribution is -2.13. The van der Waals surface area contributed by atoms with Crippen molar-refractivity contribution >= 4 is 29.2 Å². The lowest BCUT2D eigenvalue weighted by atomic mass is 10.1. The van der Waals surface area contributed by atoms with Crippen LogP contribution in [-0.2, 0) is 0 Å². The van der Waals surface area contributed by atoms with Crippen molar-refractivity contribution in [2.45, 2.75) is 13.8 Å². The highest BCUT2D eigenvalue weighted by atomic mass is 16.6. The summed E-state index contributed by atoms with van der Waals surface area (Å²) in [5.41, 5.74) is 2.18. The number of rotatable bonds is 7. The molecule has 8 heteroatoms. The Morgan fingerprint density at radius 2 is 1.94 bits per heavy atom. The van der Waals surface area contributed by atoms with Crippen molar-refractivity contribution < 1.29 is 19.6 Å². The average Bonchev–Trinajstić information content (AvgIpc) is 2.74. The summed E-state index contributed by atoms with van der Waals surface area (Å²) >= 11 is 0. The Morgan fingerprint density at radius 3 is 2.65 bits per heavy atom. The molecule has 3 aromatic rings. The maximum Gasteiger partial charge on any atom is 0.273 e. The number of nitro groups is 1. The molecule has 0 radical (unpaired) electrons. The number of nitrogens with zero attached hydrogens (tertiary/aromatic N) is 2. The van der Waals surface area contributed by atoms with Crippen molar-refractivity contribution in [3.05, 3.63) is 87.5 Å². The first-order chi connectivity index (χ1) is 14.9. The number of amides is 1. The highest BCUT2D eigenvalue weighted by Gasteiger charge is 2.12. The van der Waals surface area contributed by atoms with E-state index in [9.17, 15) is 20.0 Å². The third-order valence-electron chi connectivity index (χ3n) is 4.43. The lowest BCUT2D eigenvalue weighted by molar-refractivity contribution is -0.385. The van der Waals surface area contributed by atoms with Gasteiger partial charge in [-0.1, -0.05) is 30.0 Å². The first-order valence-electron chi connectivity index (χ1n) is 9.52. The Bertz CT molecular complexity index is 1160. The molecule has 0 saturated carbocycles. The van der Waals surface area contributed by atoms with Crippen LogP contribution in [-0.4, -0.2) is 23.7 Å². The van der Waals surface area contributed by atoms with E-state index >= 15 is 0 Å². The van der Waals surface area contributed by atoms with Crippen LogP contribution in [0.5, 0.6) is 11.5 Å². The van der Waals surface area contributed by atoms with Gasteiger partial charge in [-0.15, -0.1) is 0 Å². The molecule has 0 heterocycles. The number of carbonyl (C=O) groups excluding carboxylic acids is 1. The molecule has 3 aromatic carbocycles. The molecule has 0 bridgehead atoms. The van der Waals surface area contributed by atoms with E-state index in [0.717, 1.165) is 17.7 Å². The molecule has 0 aliphatic heterocycles. The van der Waals surface area contributed by atoms with Crippen LogP contribution >= 0.6 is 0 Å². The fourth-order valence-corrected chi connectivity index (χ4v) is 2.91. The Kier molecular flexibility index (Phi) is 6.61. The predicted octanol–water partition coefficient (Wildman–Crippen LogP) is 4.38. The molecule has 31 heavy (non-hydrogen) atoms. The van der Waals surface area contributed by atoms with Crippen molar-refractivity contribution in [2.75, 3.05) is 11.9 Å². The third kappa shape index (κ3) is 5.24. The van der Waals surface area contributed by atoms with E-state index in [1.165, 1.54) is 6.21 Å². The third-order valence-corrected chi connectivity index (χ3v) is 4.43. The van der Waals surface area contributed by atoms with E-state index in [0.29, 0.717) is 16.9 Å². The van der Waals surface area contributed by atoms with Gasteiger partial charge in [-0.3, -0.25) is 19.9 Å². The zero-order chi connectivity index (χ0) is 22.4. The fraction of sp³-hybridized carbons (Fsp3) is 0.130. The number of non-ortho nitro benzene ring substituents is 1. The minimum Gasteiger partial charge on any atom is -0.870 e. The Morgan fingerprint density at radius 1 is 1.16 bits per heavy atom. The maximum atomic E-state index is 12.5. The monoisotopic (exact) mass is 418 g/mol. The molecular formula is C23H20N3O5-. The van der Waals surface area contributed by atoms with Crippen LogP contribution in [0, 0.1) is 17.0 Å². The Balaban J connectivity index is 1.85. The van der Waals surface area contributed by atoms with Gasteiger partial charge in [0.15, 0.2) is 0 Å². The normalized spacial score (nSPS) is 10.8. The van der Waals surface area contributed by atoms with Crippen LogP contribution in [0.1, 0.15) is 28.4 Å². The smallest absolute Gasteiger partial charge is 0.273 e. The number of anilines is 1. The van der Waals surface area contributed by atoms with Gasteiger partial charge in [0.05, 0.1) is 23.3 Å². The molecule has 0 aliphatic rings. The van der Waals surface area contributed by atoms with Crippen LogP contribution < -0.4 is 15.2 Å². The molecule has 0 unspecified atom stereocenters. The molecule has 158 valence electrons. The van der Waals surface area contributed by atoms with E-state index < -0.39 is 10.7 Å². The molecule has 1 amide bonds. The number of nitro benzene ring substituents is 1. The molecule has 0 atom stereocenters. The van der Waals surface area contributed by atoms with Crippen LogP contribution in [0.25, 0.3) is 0 Å². The summed E-state index contributed by atoms with van der Waals surface area (Å²) in [5.74, 6) is -0.835. The molecule has 8 nitrogen and oxygen atoms in total. The van der Waals surface area contributed by atoms with Crippen molar-refractivity contribution in [2.24, 2.45) is 4.99 Å². The van der Waals surface area contributed by atoms with E-state index in [-0.39, 0.29) is 29.5 Å². The largest absolute Gasteiger partial charge is 0.870 e. The SMILES string of the molecule is CCOc1cc([N+](=O)[O-])cc(C=Nc2cccc(NC(=O)c3ccccc3C)c2)c1[O-]. The zero-order valence-corrected chi connectivity index (χ0v) is 17.0. The summed E-state index contributed by atoms with van der Waals surface area (Å²) in [7, 11) is 0. The highest BCUT2D eigenvalue weighted by molar-refractivity contribution is 6.05. The van der Waals surface area contributed by atoms with Gasteiger partial charge in [-0.05, 0) is 49.2 Å². The van der Waals surface area contributed by atoms with Crippen LogP contribution in [0.2, 0.25) is 0 Å². The number of carbonyl (C=O) groups is 1. The number of nitrogens with one attached hydrogen (secondary N) is 1. The fourth-order valence-electron chi connectivity index (χ4n) is 2.91. The molecule has 0 spiro atoms. The second-order valence-corrected chi connectivity index (χ2v) is 6.63. The van der Waals surface area contributed by atoms with Gasteiger partial charge in [0.2, 0.25) is 0 Å². The quantitative estimate of drug-likeness (QED) is 0.347. The lowest BCUT2D eigenvalue weighted by Gasteiger charge is -2.16. The van der Waals surface area contributed by atoms with Crippen molar-refractivity contribution in [3.63, 3.8) is 0 Å². The van der Waals surface area contributed by atoms with Gasteiger partial charge >= 0.3 is 0 Å². The van der Waals surface area contributed by atoms with Gasteiger partial charge < -0.3 is 15.2 Å². The standard InChI is InChI=1S/C23H21N3O5/c1-3-31-21-13-19(26(29)30)11-16(22(21)27)14-24-17-8-6-9-18(12-17)25-23(28)20-10-5-4-7-15(20)2/h4-14,27H,3H2,1-2H3,(H,25,28)/p-1. The molecule has 0 saturated heterocycles. The van der Waals surface area contributed by atoms with Gasteiger partial charge in [-0.25, -0.2) is 0 Å². The second kappa shape index (κ2) is 9.53. The van der Waals surface area contributed by atoms with Crippen LogP contribution in [0.15, 0.2) is 65.7 Å². The van der Waals surface area contributed by atoms with Crippen molar-refractivity contribution in [1.29, 1.82) is 0 Å². The topological polar surface area (TPSA) is 117 Å². The Labute approximate surface area is 179 Å². The van der Waals surface area contributed by atoms with Crippen LogP contribution in [0.4, 0.5) is 17.1 Å². The molecule has 1 N–H and O–H groups in total. The molecular weight excluding hydrogens is 398 g/mol. The first-order valence-corrected chi connectivity index (χ1v) is 9.52. The first kappa shape index (κ1) is 21.5. The summed E-state index contributed by atoms with van der Waals surface area (Å²) in [6, 6.07) is 16.2. The summed E-state index contributed by atoms with van der Waals surface area (Å²) in [5, 5.41) is 26.4. The summed E-state index contributed by atoms with van der Waals surface area (Å²) in [4.78, 5) is 27.3. The number of hydrogen-bond donors (Lipinski definition) is 1. The number of hydrogen-bond acceptors (Lipinski definition) is 6. The number of ether oxygens (including phenoxy) is 1. The van der Waals surface area contributed by atoms with Crippen molar-refractivity contribution in [3.8, 4) is 11.5 Å². The van der Waals surface area contributed by atoms with E-state index in [1.807, 2.05) is 19.1 Å². The van der Waals surface area contributed by atoms with Gasteiger partial charge in [0, 0.05) is 23.5 Å². The van der Waals surface area contributed by atoms with Crippen LogP contribution in [0.3, 0.4) is 0 Å². The number of aryl methyl sites for hydroxylation is 1. The molecule has 0 aliphatic carbocycles. The van der Waals surface area contributed by atoms with Gasteiger partial charge in [0.25, 0.3) is 11.6 Å². The van der Waals surface area contributed by atoms with E-state index in [1.54, 1.807) is 43.3 Å². The van der Waals surface area contributed by atoms with E-state index in [2.05, 4.69) is 10.3 Å². The summed E-state index contributed by atoms with van der Waals surface area (Å²) < 4.78 is 5.21. The minimum absolute atomic E-state index is 0.0343. The maximum absolute atomic E-state index is 12.5. The summed E-state index contributed by atoms with van der Waals surface area (Å²) in [6.45, 7) is 3.74. The van der Waals surface area contributed by atoms with Gasteiger partial charge in [0.1, 0.15) is 5.75 Å². The number of benzene rings is 3. The average molecular weight is 418 g/mol. The molecule has 0 aromatic heterocycles. The minimum atomic E-state index is -0.596. The molecule has 3 rings (SSSR count). The van der Waals surface area contributed by atoms with Gasteiger partial charge in [-0.2, -0.15) is 0 Å². The number of aliphatic imine (C=N–C) groups is 1. The second-order valence-electron chi connectivity index (χ2n) is 6.63. The predicted molar refractivity (Wildman–Crippen MR) is 117 cm³/mol. The Hall–Kier alpha value is -4.20. The zero-order valence-electron chi connectivity index (χ0n) is 17.0. The van der Waals surface area contributed by atoms with Crippen molar-refractivity contribution in [1.82, 2.24) is 0 Å². The highest BCUT2D eigenvalue weighted by Crippen LogP contribution is 2.32.